The van der Waals surface area contributed by atoms with Gasteiger partial charge in [-0.3, -0.25) is 0 Å². The molecule has 0 fully saturated rings. The van der Waals surface area contributed by atoms with Crippen molar-refractivity contribution in [2.24, 2.45) is 0 Å². The van der Waals surface area contributed by atoms with Crippen LogP contribution in [-0.4, -0.2) is 13.7 Å². The molecular formula is C13H20O2S. The first-order valence-corrected chi connectivity index (χ1v) is 7.35. The molecule has 1 aromatic rings. The lowest BCUT2D eigenvalue weighted by Crippen LogP contribution is -2.16. The predicted octanol–water partition coefficient (Wildman–Crippen LogP) is 3.13. The molecule has 0 spiro atoms. The van der Waals surface area contributed by atoms with Crippen LogP contribution >= 0.6 is 0 Å². The highest BCUT2D eigenvalue weighted by Crippen LogP contribution is 2.18. The molecule has 3 heteroatoms. The Balaban J connectivity index is 2.95. The number of benzene rings is 1. The van der Waals surface area contributed by atoms with Gasteiger partial charge < -0.3 is 0 Å². The second-order valence-corrected chi connectivity index (χ2v) is 7.31. The first kappa shape index (κ1) is 13.2. The molecule has 1 rings (SSSR count). The molecule has 0 atom stereocenters. The summed E-state index contributed by atoms with van der Waals surface area (Å²) in [5.41, 5.74) is 2.08. The van der Waals surface area contributed by atoms with E-state index in [4.69, 9.17) is 0 Å². The van der Waals surface area contributed by atoms with Gasteiger partial charge in [-0.15, -0.1) is 0 Å². The standard InChI is InChI=1S/C13H20O2S/c1-10(2)13-7-5-6-12(8-13)9-16(14,15)11(3)4/h5-8,10-11H,9H2,1-4H3. The molecule has 0 radical (unpaired) electrons. The number of hydrogen-bond acceptors (Lipinski definition) is 2. The Bertz CT molecular complexity index is 445. The quantitative estimate of drug-likeness (QED) is 0.810. The highest BCUT2D eigenvalue weighted by Gasteiger charge is 2.16. The van der Waals surface area contributed by atoms with Crippen molar-refractivity contribution in [2.45, 2.75) is 44.6 Å². The van der Waals surface area contributed by atoms with E-state index in [9.17, 15) is 8.42 Å². The molecule has 0 heterocycles. The fourth-order valence-electron chi connectivity index (χ4n) is 1.44. The molecule has 0 unspecified atom stereocenters. The van der Waals surface area contributed by atoms with Crippen LogP contribution in [0.2, 0.25) is 0 Å². The molecular weight excluding hydrogens is 220 g/mol. The molecule has 0 amide bonds. The maximum absolute atomic E-state index is 11.8. The lowest BCUT2D eigenvalue weighted by molar-refractivity contribution is 0.586. The molecule has 0 saturated heterocycles. The molecule has 0 saturated carbocycles. The van der Waals surface area contributed by atoms with Gasteiger partial charge in [-0.05, 0) is 30.9 Å². The zero-order valence-electron chi connectivity index (χ0n) is 10.4. The second-order valence-electron chi connectivity index (χ2n) is 4.76. The third-order valence-corrected chi connectivity index (χ3v) is 4.88. The van der Waals surface area contributed by atoms with Gasteiger partial charge in [0.05, 0.1) is 11.0 Å². The summed E-state index contributed by atoms with van der Waals surface area (Å²) in [6, 6.07) is 7.84. The van der Waals surface area contributed by atoms with E-state index >= 15 is 0 Å². The summed E-state index contributed by atoms with van der Waals surface area (Å²) in [7, 11) is -2.99. The van der Waals surface area contributed by atoms with Crippen LogP contribution in [0.4, 0.5) is 0 Å². The maximum Gasteiger partial charge on any atom is 0.156 e. The van der Waals surface area contributed by atoms with Crippen molar-refractivity contribution in [1.82, 2.24) is 0 Å². The average Bonchev–Trinajstić information content (AvgIpc) is 2.17. The van der Waals surface area contributed by atoms with Crippen LogP contribution < -0.4 is 0 Å². The molecule has 0 bridgehead atoms. The van der Waals surface area contributed by atoms with E-state index in [1.54, 1.807) is 13.8 Å². The summed E-state index contributed by atoms with van der Waals surface area (Å²) in [6.45, 7) is 7.66. The molecule has 0 aliphatic heterocycles. The monoisotopic (exact) mass is 240 g/mol. The molecule has 90 valence electrons. The second kappa shape index (κ2) is 5.00. The van der Waals surface area contributed by atoms with Gasteiger partial charge in [0.2, 0.25) is 0 Å². The summed E-state index contributed by atoms with van der Waals surface area (Å²) < 4.78 is 23.6. The summed E-state index contributed by atoms with van der Waals surface area (Å²) in [5.74, 6) is 0.576. The van der Waals surface area contributed by atoms with Crippen molar-refractivity contribution in [3.8, 4) is 0 Å². The molecule has 2 nitrogen and oxygen atoms in total. The fourth-order valence-corrected chi connectivity index (χ4v) is 2.42. The van der Waals surface area contributed by atoms with Crippen LogP contribution in [0.1, 0.15) is 44.7 Å². The summed E-state index contributed by atoms with van der Waals surface area (Å²) in [5, 5.41) is -0.310. The van der Waals surface area contributed by atoms with E-state index < -0.39 is 9.84 Å². The van der Waals surface area contributed by atoms with Crippen molar-refractivity contribution in [2.75, 3.05) is 0 Å². The Morgan fingerprint density at radius 1 is 1.12 bits per heavy atom. The van der Waals surface area contributed by atoms with E-state index in [2.05, 4.69) is 13.8 Å². The molecule has 1 aromatic carbocycles. The van der Waals surface area contributed by atoms with Crippen LogP contribution in [-0.2, 0) is 15.6 Å². The largest absolute Gasteiger partial charge is 0.228 e. The Labute approximate surface area is 98.6 Å². The first-order chi connectivity index (χ1) is 7.33. The van der Waals surface area contributed by atoms with Gasteiger partial charge in [0.25, 0.3) is 0 Å². The number of sulfone groups is 1. The van der Waals surface area contributed by atoms with Gasteiger partial charge in [0.15, 0.2) is 9.84 Å². The van der Waals surface area contributed by atoms with Gasteiger partial charge in [0, 0.05) is 0 Å². The molecule has 0 aromatic heterocycles. The lowest BCUT2D eigenvalue weighted by Gasteiger charge is -2.10. The SMILES string of the molecule is CC(C)c1cccc(CS(=O)(=O)C(C)C)c1. The van der Waals surface area contributed by atoms with Crippen molar-refractivity contribution >= 4 is 9.84 Å². The van der Waals surface area contributed by atoms with E-state index in [-0.39, 0.29) is 11.0 Å². The van der Waals surface area contributed by atoms with Crippen LogP contribution in [0.3, 0.4) is 0 Å². The summed E-state index contributed by atoms with van der Waals surface area (Å²) in [6.07, 6.45) is 0. The van der Waals surface area contributed by atoms with Crippen LogP contribution in [0.15, 0.2) is 24.3 Å². The van der Waals surface area contributed by atoms with Crippen LogP contribution in [0.25, 0.3) is 0 Å². The Hall–Kier alpha value is -0.830. The minimum atomic E-state index is -2.99. The zero-order chi connectivity index (χ0) is 12.3. The molecule has 0 aliphatic carbocycles. The topological polar surface area (TPSA) is 34.1 Å². The number of rotatable bonds is 4. The van der Waals surface area contributed by atoms with E-state index in [0.717, 1.165) is 5.56 Å². The smallest absolute Gasteiger partial charge is 0.156 e. The van der Waals surface area contributed by atoms with Crippen LogP contribution in [0.5, 0.6) is 0 Å². The Morgan fingerprint density at radius 3 is 2.25 bits per heavy atom. The Morgan fingerprint density at radius 2 is 1.75 bits per heavy atom. The summed E-state index contributed by atoms with van der Waals surface area (Å²) >= 11 is 0. The highest BCUT2D eigenvalue weighted by molar-refractivity contribution is 7.91. The van der Waals surface area contributed by atoms with E-state index in [1.165, 1.54) is 5.56 Å². The minimum absolute atomic E-state index is 0.144. The predicted molar refractivity (Wildman–Crippen MR) is 68.3 cm³/mol. The van der Waals surface area contributed by atoms with Gasteiger partial charge in [0.1, 0.15) is 0 Å². The number of hydrogen-bond donors (Lipinski definition) is 0. The molecule has 0 aliphatic rings. The molecule has 0 N–H and O–H groups in total. The van der Waals surface area contributed by atoms with Gasteiger partial charge >= 0.3 is 0 Å². The van der Waals surface area contributed by atoms with E-state index in [1.807, 2.05) is 24.3 Å². The van der Waals surface area contributed by atoms with Crippen LogP contribution in [0, 0.1) is 0 Å². The third kappa shape index (κ3) is 3.34. The summed E-state index contributed by atoms with van der Waals surface area (Å²) in [4.78, 5) is 0. The van der Waals surface area contributed by atoms with Crippen molar-refractivity contribution < 1.29 is 8.42 Å². The maximum atomic E-state index is 11.8. The zero-order valence-corrected chi connectivity index (χ0v) is 11.2. The first-order valence-electron chi connectivity index (χ1n) is 5.63. The average molecular weight is 240 g/mol. The normalized spacial score (nSPS) is 12.4. The minimum Gasteiger partial charge on any atom is -0.228 e. The lowest BCUT2D eigenvalue weighted by atomic mass is 10.0. The third-order valence-electron chi connectivity index (χ3n) is 2.70. The van der Waals surface area contributed by atoms with Crippen molar-refractivity contribution in [1.29, 1.82) is 0 Å². The Kier molecular flexibility index (Phi) is 4.14. The highest BCUT2D eigenvalue weighted by atomic mass is 32.2. The molecule has 16 heavy (non-hydrogen) atoms. The van der Waals surface area contributed by atoms with Gasteiger partial charge in [-0.1, -0.05) is 38.1 Å². The van der Waals surface area contributed by atoms with Gasteiger partial charge in [-0.2, -0.15) is 0 Å². The van der Waals surface area contributed by atoms with Gasteiger partial charge in [-0.25, -0.2) is 8.42 Å². The fraction of sp³-hybridized carbons (Fsp3) is 0.538. The van der Waals surface area contributed by atoms with Crippen molar-refractivity contribution in [3.05, 3.63) is 35.4 Å². The van der Waals surface area contributed by atoms with Crippen molar-refractivity contribution in [3.63, 3.8) is 0 Å². The van der Waals surface area contributed by atoms with E-state index in [0.29, 0.717) is 5.92 Å².